The van der Waals surface area contributed by atoms with Gasteiger partial charge in [0, 0.05) is 24.5 Å². The summed E-state index contributed by atoms with van der Waals surface area (Å²) < 4.78 is 11.1. The van der Waals surface area contributed by atoms with E-state index in [1.165, 1.54) is 0 Å². The van der Waals surface area contributed by atoms with Crippen LogP contribution in [0.4, 0.5) is 11.4 Å². The number of nitrogens with one attached hydrogen (secondary N) is 1. The Morgan fingerprint density at radius 1 is 1.22 bits per heavy atom. The van der Waals surface area contributed by atoms with Gasteiger partial charge in [0.15, 0.2) is 0 Å². The van der Waals surface area contributed by atoms with Gasteiger partial charge in [0.1, 0.15) is 11.8 Å². The van der Waals surface area contributed by atoms with Crippen LogP contribution in [0.3, 0.4) is 0 Å². The van der Waals surface area contributed by atoms with Crippen molar-refractivity contribution >= 4 is 45.9 Å². The lowest BCUT2D eigenvalue weighted by Gasteiger charge is -2.31. The number of nitrogens with zero attached hydrogens (tertiary/aromatic N) is 3. The second kappa shape index (κ2) is 9.36. The molecule has 166 valence electrons. The zero-order valence-corrected chi connectivity index (χ0v) is 18.9. The Labute approximate surface area is 195 Å². The molecule has 0 aliphatic carbocycles. The van der Waals surface area contributed by atoms with Crippen LogP contribution in [0.15, 0.2) is 63.6 Å². The van der Waals surface area contributed by atoms with Crippen molar-refractivity contribution in [2.24, 2.45) is 5.10 Å². The molecular formula is C23H23ClN4O3S. The summed E-state index contributed by atoms with van der Waals surface area (Å²) in [6.45, 7) is 3.05. The van der Waals surface area contributed by atoms with Crippen LogP contribution in [-0.2, 0) is 9.53 Å². The molecule has 0 unspecified atom stereocenters. The van der Waals surface area contributed by atoms with Crippen LogP contribution in [-0.4, -0.2) is 49.5 Å². The SMILES string of the molecule is O=C(CNc1cc(Cl)ccc1N1CCOCC1)N1N=C(c2cccs2)C[C@H]1c1ccco1. The summed E-state index contributed by atoms with van der Waals surface area (Å²) >= 11 is 7.87. The molecule has 0 saturated carbocycles. The normalized spacial score (nSPS) is 18.7. The van der Waals surface area contributed by atoms with Gasteiger partial charge >= 0.3 is 0 Å². The number of carbonyl (C=O) groups is 1. The van der Waals surface area contributed by atoms with Gasteiger partial charge in [0.2, 0.25) is 0 Å². The van der Waals surface area contributed by atoms with Crippen LogP contribution < -0.4 is 10.2 Å². The molecule has 0 spiro atoms. The van der Waals surface area contributed by atoms with E-state index in [4.69, 9.17) is 20.8 Å². The van der Waals surface area contributed by atoms with E-state index in [1.54, 1.807) is 22.6 Å². The van der Waals surface area contributed by atoms with E-state index in [1.807, 2.05) is 47.8 Å². The topological polar surface area (TPSA) is 70.3 Å². The Morgan fingerprint density at radius 2 is 2.09 bits per heavy atom. The molecule has 32 heavy (non-hydrogen) atoms. The molecule has 1 fully saturated rings. The molecule has 1 atom stereocenters. The molecule has 2 aliphatic heterocycles. The van der Waals surface area contributed by atoms with Gasteiger partial charge < -0.3 is 19.4 Å². The van der Waals surface area contributed by atoms with Gasteiger partial charge in [-0.05, 0) is 41.8 Å². The van der Waals surface area contributed by atoms with Crippen molar-refractivity contribution < 1.29 is 13.9 Å². The number of thiophene rings is 1. The average Bonchev–Trinajstić information content (AvgIpc) is 3.59. The molecule has 1 saturated heterocycles. The third-order valence-corrected chi connectivity index (χ3v) is 6.74. The first kappa shape index (κ1) is 21.1. The van der Waals surface area contributed by atoms with Gasteiger partial charge in [0.25, 0.3) is 5.91 Å². The highest BCUT2D eigenvalue weighted by molar-refractivity contribution is 7.12. The molecule has 3 aromatic rings. The fourth-order valence-electron chi connectivity index (χ4n) is 4.02. The van der Waals surface area contributed by atoms with Gasteiger partial charge in [-0.15, -0.1) is 11.3 Å². The number of ether oxygens (including phenoxy) is 1. The standard InChI is InChI=1S/C23H23ClN4O3S/c24-16-5-6-19(27-7-10-30-11-8-27)17(13-16)25-15-23(29)28-20(21-3-1-9-31-21)14-18(26-28)22-4-2-12-32-22/h1-6,9,12-13,20,25H,7-8,10-11,14-15H2/t20-/m0/s1. The fraction of sp³-hybridized carbons (Fsp3) is 0.304. The van der Waals surface area contributed by atoms with Crippen molar-refractivity contribution in [3.63, 3.8) is 0 Å². The summed E-state index contributed by atoms with van der Waals surface area (Å²) in [7, 11) is 0. The molecular weight excluding hydrogens is 448 g/mol. The maximum absolute atomic E-state index is 13.3. The van der Waals surface area contributed by atoms with Gasteiger partial charge in [0.05, 0.1) is 48.0 Å². The minimum absolute atomic E-state index is 0.0934. The lowest BCUT2D eigenvalue weighted by molar-refractivity contribution is -0.131. The number of hydrazone groups is 1. The number of benzene rings is 1. The van der Waals surface area contributed by atoms with E-state index in [0.717, 1.165) is 40.8 Å². The first-order chi connectivity index (χ1) is 15.7. The zero-order chi connectivity index (χ0) is 21.9. The summed E-state index contributed by atoms with van der Waals surface area (Å²) in [5.74, 6) is 0.594. The maximum atomic E-state index is 13.3. The number of rotatable bonds is 6. The zero-order valence-electron chi connectivity index (χ0n) is 17.4. The molecule has 9 heteroatoms. The first-order valence-corrected chi connectivity index (χ1v) is 11.8. The van der Waals surface area contributed by atoms with E-state index >= 15 is 0 Å². The summed E-state index contributed by atoms with van der Waals surface area (Å²) in [4.78, 5) is 16.6. The van der Waals surface area contributed by atoms with Crippen LogP contribution in [0.2, 0.25) is 5.02 Å². The van der Waals surface area contributed by atoms with Crippen LogP contribution in [0.5, 0.6) is 0 Å². The van der Waals surface area contributed by atoms with Crippen LogP contribution in [0.1, 0.15) is 23.1 Å². The second-order valence-corrected chi connectivity index (χ2v) is 9.00. The van der Waals surface area contributed by atoms with Crippen LogP contribution in [0, 0.1) is 0 Å². The predicted octanol–water partition coefficient (Wildman–Crippen LogP) is 4.62. The molecule has 1 amide bonds. The number of amides is 1. The molecule has 1 aromatic carbocycles. The lowest BCUT2D eigenvalue weighted by atomic mass is 10.1. The van der Waals surface area contributed by atoms with E-state index < -0.39 is 0 Å². The molecule has 4 heterocycles. The molecule has 1 N–H and O–H groups in total. The van der Waals surface area contributed by atoms with Gasteiger partial charge in [-0.25, -0.2) is 5.01 Å². The van der Waals surface area contributed by atoms with E-state index in [-0.39, 0.29) is 18.5 Å². The number of hydrogen-bond acceptors (Lipinski definition) is 7. The fourth-order valence-corrected chi connectivity index (χ4v) is 4.91. The molecule has 0 bridgehead atoms. The summed E-state index contributed by atoms with van der Waals surface area (Å²) in [5.41, 5.74) is 2.73. The monoisotopic (exact) mass is 470 g/mol. The summed E-state index contributed by atoms with van der Waals surface area (Å²) in [6, 6.07) is 13.2. The van der Waals surface area contributed by atoms with Crippen molar-refractivity contribution in [1.29, 1.82) is 0 Å². The summed E-state index contributed by atoms with van der Waals surface area (Å²) in [6.07, 6.45) is 2.25. The largest absolute Gasteiger partial charge is 0.467 e. The molecule has 2 aliphatic rings. The number of halogens is 1. The molecule has 7 nitrogen and oxygen atoms in total. The quantitative estimate of drug-likeness (QED) is 0.569. The molecule has 2 aromatic heterocycles. The van der Waals surface area contributed by atoms with Gasteiger partial charge in [-0.1, -0.05) is 17.7 Å². The lowest BCUT2D eigenvalue weighted by Crippen LogP contribution is -2.37. The van der Waals surface area contributed by atoms with Gasteiger partial charge in [-0.2, -0.15) is 5.10 Å². The third-order valence-electron chi connectivity index (χ3n) is 5.58. The van der Waals surface area contributed by atoms with Crippen molar-refractivity contribution in [3.8, 4) is 0 Å². The molecule has 0 radical (unpaired) electrons. The number of anilines is 2. The second-order valence-electron chi connectivity index (χ2n) is 7.61. The van der Waals surface area contributed by atoms with Crippen LogP contribution in [0.25, 0.3) is 0 Å². The van der Waals surface area contributed by atoms with Crippen molar-refractivity contribution in [2.45, 2.75) is 12.5 Å². The predicted molar refractivity (Wildman–Crippen MR) is 127 cm³/mol. The Bertz CT molecular complexity index is 1090. The number of morpholine rings is 1. The highest BCUT2D eigenvalue weighted by atomic mass is 35.5. The Hall–Kier alpha value is -2.81. The van der Waals surface area contributed by atoms with Crippen molar-refractivity contribution in [2.75, 3.05) is 43.1 Å². The first-order valence-electron chi connectivity index (χ1n) is 10.5. The minimum Gasteiger partial charge on any atom is -0.467 e. The number of hydrogen-bond donors (Lipinski definition) is 1. The third kappa shape index (κ3) is 4.39. The Kier molecular flexibility index (Phi) is 6.16. The van der Waals surface area contributed by atoms with Crippen molar-refractivity contribution in [1.82, 2.24) is 5.01 Å². The highest BCUT2D eigenvalue weighted by Crippen LogP contribution is 2.34. The number of furan rings is 1. The Balaban J connectivity index is 1.35. The molecule has 5 rings (SSSR count). The smallest absolute Gasteiger partial charge is 0.262 e. The highest BCUT2D eigenvalue weighted by Gasteiger charge is 2.35. The number of carbonyl (C=O) groups excluding carboxylic acids is 1. The van der Waals surface area contributed by atoms with E-state index in [2.05, 4.69) is 15.3 Å². The van der Waals surface area contributed by atoms with E-state index in [0.29, 0.717) is 24.7 Å². The maximum Gasteiger partial charge on any atom is 0.262 e. The minimum atomic E-state index is -0.255. The summed E-state index contributed by atoms with van der Waals surface area (Å²) in [5, 5.41) is 12.1. The van der Waals surface area contributed by atoms with Crippen molar-refractivity contribution in [3.05, 3.63) is 69.8 Å². The average molecular weight is 471 g/mol. The van der Waals surface area contributed by atoms with Gasteiger partial charge in [-0.3, -0.25) is 4.79 Å². The Morgan fingerprint density at radius 3 is 2.84 bits per heavy atom. The van der Waals surface area contributed by atoms with Crippen LogP contribution >= 0.6 is 22.9 Å². The van der Waals surface area contributed by atoms with E-state index in [9.17, 15) is 4.79 Å².